The second-order valence-electron chi connectivity index (χ2n) is 23.6. The van der Waals surface area contributed by atoms with Crippen LogP contribution in [0.2, 0.25) is 5.02 Å². The summed E-state index contributed by atoms with van der Waals surface area (Å²) in [5, 5.41) is 17.4. The van der Waals surface area contributed by atoms with Crippen LogP contribution in [0.25, 0.3) is 0 Å². The Labute approximate surface area is 377 Å². The average molecular weight is 877 g/mol. The largest absolute Gasteiger partial charge is 0.481 e. The third-order valence-electron chi connectivity index (χ3n) is 19.4. The van der Waals surface area contributed by atoms with Crippen molar-refractivity contribution in [1.82, 2.24) is 10.6 Å². The van der Waals surface area contributed by atoms with E-state index in [1.54, 1.807) is 24.3 Å². The second kappa shape index (κ2) is 16.6. The molecule has 0 spiro atoms. The molecular formula is C52H78ClN3O6. The van der Waals surface area contributed by atoms with Crippen LogP contribution in [0.3, 0.4) is 0 Å². The van der Waals surface area contributed by atoms with Crippen LogP contribution in [0.15, 0.2) is 35.4 Å². The number of hydrogen-bond donors (Lipinski definition) is 4. The molecule has 10 heteroatoms. The zero-order valence-corrected chi connectivity index (χ0v) is 40.4. The molecule has 9 nitrogen and oxygen atoms in total. The van der Waals surface area contributed by atoms with Crippen molar-refractivity contribution in [2.24, 2.45) is 73.7 Å². The van der Waals surface area contributed by atoms with E-state index in [4.69, 9.17) is 22.1 Å². The van der Waals surface area contributed by atoms with Gasteiger partial charge in [-0.15, -0.1) is 0 Å². The van der Waals surface area contributed by atoms with Crippen LogP contribution in [0.5, 0.6) is 0 Å². The molecule has 0 saturated heterocycles. The van der Waals surface area contributed by atoms with E-state index in [-0.39, 0.29) is 56.9 Å². The molecule has 6 aliphatic carbocycles. The summed E-state index contributed by atoms with van der Waals surface area (Å²) >= 11 is 6.10. The van der Waals surface area contributed by atoms with Gasteiger partial charge in [0, 0.05) is 34.4 Å². The summed E-state index contributed by atoms with van der Waals surface area (Å²) in [5.41, 5.74) is 7.92. The third kappa shape index (κ3) is 7.61. The van der Waals surface area contributed by atoms with E-state index in [2.05, 4.69) is 66.0 Å². The number of allylic oxidation sites excluding steroid dienone is 2. The molecule has 5 saturated carbocycles. The molecule has 0 aromatic heterocycles. The highest BCUT2D eigenvalue weighted by atomic mass is 35.5. The fourth-order valence-corrected chi connectivity index (χ4v) is 15.7. The van der Waals surface area contributed by atoms with Crippen molar-refractivity contribution in [2.45, 2.75) is 164 Å². The van der Waals surface area contributed by atoms with Gasteiger partial charge in [-0.3, -0.25) is 19.2 Å². The van der Waals surface area contributed by atoms with Crippen molar-refractivity contribution in [3.8, 4) is 0 Å². The number of carboxylic acid groups (broad SMARTS) is 1. The van der Waals surface area contributed by atoms with Crippen molar-refractivity contribution < 1.29 is 29.0 Å². The van der Waals surface area contributed by atoms with Gasteiger partial charge in [0.05, 0.1) is 17.4 Å². The fraction of sp³-hybridized carbons (Fsp3) is 0.769. The summed E-state index contributed by atoms with van der Waals surface area (Å²) in [6.07, 6.45) is 11.6. The van der Waals surface area contributed by atoms with Gasteiger partial charge in [0.2, 0.25) is 0 Å². The minimum Gasteiger partial charge on any atom is -0.481 e. The van der Waals surface area contributed by atoms with Crippen LogP contribution < -0.4 is 16.4 Å². The highest BCUT2D eigenvalue weighted by Crippen LogP contribution is 2.77. The van der Waals surface area contributed by atoms with Crippen molar-refractivity contribution in [3.05, 3.63) is 46.0 Å². The van der Waals surface area contributed by atoms with E-state index in [0.717, 1.165) is 82.7 Å². The number of nitrogens with two attached hydrogens (primary N) is 1. The molecule has 1 amide bonds. The SMILES string of the molecule is CC(C)C1=C2[C@H]3CC[C@@H]4[C@@]5(C)CC[C@H](OC(=O)[C@H]6C[C@@H](C(=O)O)C6(C)C)C(C)(C)[C@@H]5CC[C@@]4(C)[C@]3(C)CC[C@@]2(CCNCC(C)(CCCN)NC(=O)c2ccc(Cl)cc2)CC1=O. The van der Waals surface area contributed by atoms with E-state index in [1.165, 1.54) is 5.57 Å². The lowest BCUT2D eigenvalue weighted by molar-refractivity contribution is -0.236. The van der Waals surface area contributed by atoms with Crippen molar-refractivity contribution in [3.63, 3.8) is 0 Å². The highest BCUT2D eigenvalue weighted by Gasteiger charge is 2.70. The average Bonchev–Trinajstić information content (AvgIpc) is 3.49. The number of ether oxygens (including phenoxy) is 1. The van der Waals surface area contributed by atoms with Gasteiger partial charge in [-0.2, -0.15) is 0 Å². The van der Waals surface area contributed by atoms with Crippen molar-refractivity contribution in [1.29, 1.82) is 0 Å². The molecule has 0 aliphatic heterocycles. The van der Waals surface area contributed by atoms with Gasteiger partial charge >= 0.3 is 11.9 Å². The lowest BCUT2D eigenvalue weighted by Gasteiger charge is -2.72. The van der Waals surface area contributed by atoms with Crippen LogP contribution >= 0.6 is 11.6 Å². The molecular weight excluding hydrogens is 798 g/mol. The number of carbonyl (C=O) groups excluding carboxylic acids is 3. The number of hydrogen-bond acceptors (Lipinski definition) is 7. The molecule has 5 N–H and O–H groups in total. The van der Waals surface area contributed by atoms with Crippen molar-refractivity contribution >= 4 is 35.2 Å². The van der Waals surface area contributed by atoms with Gasteiger partial charge in [-0.05, 0) is 172 Å². The summed E-state index contributed by atoms with van der Waals surface area (Å²) in [6, 6.07) is 6.99. The van der Waals surface area contributed by atoms with E-state index in [9.17, 15) is 24.3 Å². The predicted molar refractivity (Wildman–Crippen MR) is 245 cm³/mol. The maximum absolute atomic E-state index is 14.3. The zero-order valence-electron chi connectivity index (χ0n) is 39.6. The first-order valence-electron chi connectivity index (χ1n) is 24.1. The number of carbonyl (C=O) groups is 4. The molecule has 11 atom stereocenters. The van der Waals surface area contributed by atoms with E-state index < -0.39 is 22.8 Å². The van der Waals surface area contributed by atoms with E-state index >= 15 is 0 Å². The summed E-state index contributed by atoms with van der Waals surface area (Å²) in [6.45, 7) is 24.7. The summed E-state index contributed by atoms with van der Waals surface area (Å²) in [7, 11) is 0. The lowest BCUT2D eigenvalue weighted by Crippen LogP contribution is -2.66. The maximum atomic E-state index is 14.3. The molecule has 5 fully saturated rings. The number of amides is 1. The van der Waals surface area contributed by atoms with E-state index in [0.29, 0.717) is 60.1 Å². The Kier molecular flexibility index (Phi) is 12.6. The molecule has 1 unspecified atom stereocenters. The number of benzene rings is 1. The monoisotopic (exact) mass is 876 g/mol. The second-order valence-corrected chi connectivity index (χ2v) is 24.0. The quantitative estimate of drug-likeness (QED) is 0.107. The number of fused-ring (bicyclic) bond motifs is 7. The van der Waals surface area contributed by atoms with Gasteiger partial charge in [-0.1, -0.05) is 79.5 Å². The molecule has 1 aromatic carbocycles. The number of nitrogens with one attached hydrogen (secondary N) is 2. The van der Waals surface area contributed by atoms with Gasteiger partial charge in [0.15, 0.2) is 5.78 Å². The van der Waals surface area contributed by atoms with Crippen LogP contribution in [-0.4, -0.2) is 60.0 Å². The first-order chi connectivity index (χ1) is 28.9. The van der Waals surface area contributed by atoms with Gasteiger partial charge in [-0.25, -0.2) is 0 Å². The zero-order chi connectivity index (χ0) is 45.4. The lowest BCUT2D eigenvalue weighted by atomic mass is 9.33. The number of ketones is 1. The van der Waals surface area contributed by atoms with Crippen LogP contribution in [-0.2, 0) is 19.1 Å². The first-order valence-corrected chi connectivity index (χ1v) is 24.5. The number of Topliss-reactive ketones (excluding diaryl/α,β-unsaturated/α-hetero) is 1. The number of esters is 1. The third-order valence-corrected chi connectivity index (χ3v) is 19.6. The first kappa shape index (κ1) is 47.2. The molecule has 1 aromatic rings. The van der Waals surface area contributed by atoms with Crippen LogP contribution in [0, 0.1) is 68.0 Å². The molecule has 6 aliphatic rings. The standard InChI is InChI=1S/C52H78ClN3O6/c1-31(2)41-37(57)29-52(25-27-55-30-48(7,20-11-26-54)56-43(58)32-12-14-33(53)15-13-32)24-23-50(9)34(42(41)52)16-17-39-49(8)21-19-40(47(5,6)38(49)18-22-51(39,50)10)62-45(61)36-28-35(44(59)60)46(36,3)4/h12-15,31,34-36,38-40,55H,11,16-30,54H2,1-10H3,(H,56,58)(H,59,60)/t34-,35+,36-,38+,39-,40+,48?,49+,50-,51-,52-/m1/s1. The summed E-state index contributed by atoms with van der Waals surface area (Å²) in [4.78, 5) is 53.1. The van der Waals surface area contributed by atoms with Gasteiger partial charge in [0.25, 0.3) is 5.91 Å². The van der Waals surface area contributed by atoms with Crippen LogP contribution in [0.4, 0.5) is 0 Å². The Morgan fingerprint density at radius 2 is 1.60 bits per heavy atom. The number of rotatable bonds is 14. The van der Waals surface area contributed by atoms with E-state index in [1.807, 2.05) is 13.8 Å². The van der Waals surface area contributed by atoms with Crippen LogP contribution in [0.1, 0.15) is 163 Å². The Morgan fingerprint density at radius 1 is 0.903 bits per heavy atom. The number of aliphatic carboxylic acids is 1. The normalized spacial score (nSPS) is 37.9. The Balaban J connectivity index is 1.07. The van der Waals surface area contributed by atoms with Crippen molar-refractivity contribution in [2.75, 3.05) is 19.6 Å². The predicted octanol–water partition coefficient (Wildman–Crippen LogP) is 10.2. The highest BCUT2D eigenvalue weighted by molar-refractivity contribution is 6.30. The molecule has 0 bridgehead atoms. The Hall–Kier alpha value is -2.75. The molecule has 344 valence electrons. The smallest absolute Gasteiger partial charge is 0.309 e. The Bertz CT molecular complexity index is 1960. The molecule has 0 heterocycles. The topological polar surface area (TPSA) is 148 Å². The van der Waals surface area contributed by atoms with Gasteiger partial charge < -0.3 is 26.2 Å². The van der Waals surface area contributed by atoms with Gasteiger partial charge in [0.1, 0.15) is 6.10 Å². The molecule has 0 radical (unpaired) electrons. The Morgan fingerprint density at radius 3 is 2.23 bits per heavy atom. The minimum atomic E-state index is -0.828. The molecule has 7 rings (SSSR count). The molecule has 62 heavy (non-hydrogen) atoms. The minimum absolute atomic E-state index is 0.0532. The summed E-state index contributed by atoms with van der Waals surface area (Å²) in [5.74, 6) is -0.248. The summed E-state index contributed by atoms with van der Waals surface area (Å²) < 4.78 is 6.45. The fourth-order valence-electron chi connectivity index (χ4n) is 15.5. The maximum Gasteiger partial charge on any atom is 0.309 e. The number of carboxylic acids is 1. The number of halogens is 1.